The molecule has 6 nitrogen and oxygen atoms in total. The van der Waals surface area contributed by atoms with Crippen molar-refractivity contribution in [3.8, 4) is 0 Å². The molecule has 0 saturated carbocycles. The number of hydrogen-bond donors (Lipinski definition) is 1. The van der Waals surface area contributed by atoms with Crippen LogP contribution in [0.1, 0.15) is 18.9 Å². The molecule has 2 aliphatic heterocycles. The van der Waals surface area contributed by atoms with Gasteiger partial charge in [0, 0.05) is 26.1 Å². The molecular weight excluding hydrogens is 327 g/mol. The molecule has 0 aromatic heterocycles. The van der Waals surface area contributed by atoms with Crippen molar-refractivity contribution in [3.05, 3.63) is 46.8 Å². The van der Waals surface area contributed by atoms with E-state index in [1.54, 1.807) is 19.1 Å². The van der Waals surface area contributed by atoms with E-state index in [4.69, 9.17) is 4.74 Å². The van der Waals surface area contributed by atoms with Gasteiger partial charge in [0.2, 0.25) is 0 Å². The molecule has 0 radical (unpaired) electrons. The molecule has 0 spiro atoms. The third-order valence-electron chi connectivity index (χ3n) is 4.67. The Morgan fingerprint density at radius 3 is 2.72 bits per heavy atom. The second kappa shape index (κ2) is 7.33. The van der Waals surface area contributed by atoms with Crippen LogP contribution >= 0.6 is 0 Å². The highest BCUT2D eigenvalue weighted by Gasteiger charge is 2.39. The minimum absolute atomic E-state index is 0.169. The Balaban J connectivity index is 1.93. The van der Waals surface area contributed by atoms with Gasteiger partial charge in [-0.25, -0.2) is 9.18 Å². The number of morpholine rings is 1. The number of nitrogens with zero attached hydrogens (tertiary/aromatic N) is 2. The number of aliphatic carboxylic acids is 1. The minimum atomic E-state index is -1.22. The molecular formula is C18H21FN2O4. The van der Waals surface area contributed by atoms with Gasteiger partial charge in [-0.05, 0) is 30.2 Å². The Morgan fingerprint density at radius 1 is 1.36 bits per heavy atom. The molecule has 0 aliphatic carbocycles. The van der Waals surface area contributed by atoms with E-state index in [1.807, 2.05) is 0 Å². The zero-order chi connectivity index (χ0) is 18.0. The minimum Gasteiger partial charge on any atom is -0.477 e. The van der Waals surface area contributed by atoms with Crippen molar-refractivity contribution < 1.29 is 23.8 Å². The van der Waals surface area contributed by atoms with Crippen LogP contribution < -0.4 is 0 Å². The molecule has 0 bridgehead atoms. The highest BCUT2D eigenvalue weighted by molar-refractivity contribution is 6.16. The molecule has 2 heterocycles. The number of carbonyl (C=O) groups excluding carboxylic acids is 1. The maximum atomic E-state index is 13.5. The van der Waals surface area contributed by atoms with Crippen molar-refractivity contribution in [1.82, 2.24) is 9.80 Å². The fraction of sp³-hybridized carbons (Fsp3) is 0.444. The topological polar surface area (TPSA) is 70.1 Å². The highest BCUT2D eigenvalue weighted by Crippen LogP contribution is 2.29. The van der Waals surface area contributed by atoms with Gasteiger partial charge in [-0.1, -0.05) is 12.1 Å². The summed E-state index contributed by atoms with van der Waals surface area (Å²) >= 11 is 0. The number of carboxylic acids is 1. The predicted molar refractivity (Wildman–Crippen MR) is 88.1 cm³/mol. The third kappa shape index (κ3) is 3.72. The van der Waals surface area contributed by atoms with E-state index in [9.17, 15) is 19.1 Å². The fourth-order valence-corrected chi connectivity index (χ4v) is 3.43. The van der Waals surface area contributed by atoms with Crippen LogP contribution in [0.4, 0.5) is 4.39 Å². The highest BCUT2D eigenvalue weighted by atomic mass is 19.1. The first-order valence-electron chi connectivity index (χ1n) is 8.27. The molecule has 1 amide bonds. The summed E-state index contributed by atoms with van der Waals surface area (Å²) in [5, 5.41) is 9.40. The molecule has 1 saturated heterocycles. The van der Waals surface area contributed by atoms with Gasteiger partial charge in [0.25, 0.3) is 5.91 Å². The summed E-state index contributed by atoms with van der Waals surface area (Å²) in [7, 11) is 0. The summed E-state index contributed by atoms with van der Waals surface area (Å²) in [5.41, 5.74) is 1.03. The number of benzene rings is 1. The van der Waals surface area contributed by atoms with Gasteiger partial charge < -0.3 is 14.7 Å². The molecule has 1 atom stereocenters. The molecule has 2 aliphatic rings. The van der Waals surface area contributed by atoms with Gasteiger partial charge in [-0.2, -0.15) is 0 Å². The number of carbonyl (C=O) groups is 2. The molecule has 1 aromatic carbocycles. The quantitative estimate of drug-likeness (QED) is 0.838. The number of halogens is 1. The predicted octanol–water partition coefficient (Wildman–Crippen LogP) is 1.62. The van der Waals surface area contributed by atoms with Gasteiger partial charge in [0.05, 0.1) is 19.4 Å². The Bertz CT molecular complexity index is 713. The van der Waals surface area contributed by atoms with E-state index in [2.05, 4.69) is 4.90 Å². The standard InChI is InChI=1S/C18H21FN2O4/c1-12-9-15(20-5-7-25-8-6-20)21(17(22)16(12)18(23)24)11-13-3-2-4-14(19)10-13/h2-4,10,15H,5-9,11H2,1H3,(H,23,24). The maximum Gasteiger partial charge on any atom is 0.341 e. The van der Waals surface area contributed by atoms with Crippen LogP contribution in [-0.4, -0.2) is 59.3 Å². The van der Waals surface area contributed by atoms with E-state index in [0.717, 1.165) is 0 Å². The van der Waals surface area contributed by atoms with Crippen LogP contribution in [0.25, 0.3) is 0 Å². The zero-order valence-corrected chi connectivity index (χ0v) is 14.1. The molecule has 1 N–H and O–H groups in total. The smallest absolute Gasteiger partial charge is 0.341 e. The lowest BCUT2D eigenvalue weighted by atomic mass is 9.96. The molecule has 7 heteroatoms. The number of rotatable bonds is 4. The van der Waals surface area contributed by atoms with Crippen LogP contribution in [0.3, 0.4) is 0 Å². The lowest BCUT2D eigenvalue weighted by Crippen LogP contribution is -2.56. The maximum absolute atomic E-state index is 13.5. The SMILES string of the molecule is CC1=C(C(=O)O)C(=O)N(Cc2cccc(F)c2)C(N2CCOCC2)C1. The van der Waals surface area contributed by atoms with Crippen molar-refractivity contribution in [3.63, 3.8) is 0 Å². The Kier molecular flexibility index (Phi) is 5.15. The van der Waals surface area contributed by atoms with Crippen LogP contribution in [0.15, 0.2) is 35.4 Å². The monoisotopic (exact) mass is 348 g/mol. The average Bonchev–Trinajstić information content (AvgIpc) is 2.58. The van der Waals surface area contributed by atoms with Crippen LogP contribution in [-0.2, 0) is 20.9 Å². The largest absolute Gasteiger partial charge is 0.477 e. The average molecular weight is 348 g/mol. The van der Waals surface area contributed by atoms with Crippen molar-refractivity contribution in [2.45, 2.75) is 26.1 Å². The van der Waals surface area contributed by atoms with Gasteiger partial charge >= 0.3 is 5.97 Å². The van der Waals surface area contributed by atoms with Crippen molar-refractivity contribution in [2.75, 3.05) is 26.3 Å². The molecule has 134 valence electrons. The lowest BCUT2D eigenvalue weighted by molar-refractivity contribution is -0.144. The van der Waals surface area contributed by atoms with Crippen LogP contribution in [0, 0.1) is 5.82 Å². The number of hydrogen-bond acceptors (Lipinski definition) is 4. The first-order valence-corrected chi connectivity index (χ1v) is 8.27. The van der Waals surface area contributed by atoms with Crippen LogP contribution in [0.2, 0.25) is 0 Å². The van der Waals surface area contributed by atoms with Crippen LogP contribution in [0.5, 0.6) is 0 Å². The summed E-state index contributed by atoms with van der Waals surface area (Å²) in [5.74, 6) is -2.11. The van der Waals surface area contributed by atoms with Gasteiger partial charge in [0.1, 0.15) is 11.4 Å². The number of amides is 1. The van der Waals surface area contributed by atoms with E-state index >= 15 is 0 Å². The summed E-state index contributed by atoms with van der Waals surface area (Å²) in [6, 6.07) is 6.03. The number of carboxylic acid groups (broad SMARTS) is 1. The molecule has 1 unspecified atom stereocenters. The molecule has 1 aromatic rings. The van der Waals surface area contributed by atoms with Gasteiger partial charge in [-0.15, -0.1) is 0 Å². The first-order chi connectivity index (χ1) is 12.0. The van der Waals surface area contributed by atoms with Crippen molar-refractivity contribution >= 4 is 11.9 Å². The number of ether oxygens (including phenoxy) is 1. The Morgan fingerprint density at radius 2 is 2.08 bits per heavy atom. The molecule has 3 rings (SSSR count). The second-order valence-electron chi connectivity index (χ2n) is 6.36. The second-order valence-corrected chi connectivity index (χ2v) is 6.36. The lowest BCUT2D eigenvalue weighted by Gasteiger charge is -2.44. The molecule has 25 heavy (non-hydrogen) atoms. The van der Waals surface area contributed by atoms with E-state index < -0.39 is 11.9 Å². The van der Waals surface area contributed by atoms with Gasteiger partial charge in [-0.3, -0.25) is 9.69 Å². The summed E-state index contributed by atoms with van der Waals surface area (Å²) < 4.78 is 18.9. The molecule has 1 fully saturated rings. The van der Waals surface area contributed by atoms with Gasteiger partial charge in [0.15, 0.2) is 0 Å². The zero-order valence-electron chi connectivity index (χ0n) is 14.1. The summed E-state index contributed by atoms with van der Waals surface area (Å²) in [6.45, 7) is 4.36. The van der Waals surface area contributed by atoms with E-state index in [1.165, 1.54) is 17.0 Å². The first kappa shape index (κ1) is 17.6. The Labute approximate surface area is 145 Å². The third-order valence-corrected chi connectivity index (χ3v) is 4.67. The van der Waals surface area contributed by atoms with Crippen molar-refractivity contribution in [1.29, 1.82) is 0 Å². The Hall–Kier alpha value is -2.25. The summed E-state index contributed by atoms with van der Waals surface area (Å²) in [4.78, 5) is 28.0. The summed E-state index contributed by atoms with van der Waals surface area (Å²) in [6.07, 6.45) is 0.214. The fourth-order valence-electron chi connectivity index (χ4n) is 3.43. The van der Waals surface area contributed by atoms with E-state index in [-0.39, 0.29) is 24.1 Å². The van der Waals surface area contributed by atoms with Crippen molar-refractivity contribution in [2.24, 2.45) is 0 Å². The normalized spacial score (nSPS) is 22.4. The van der Waals surface area contributed by atoms with E-state index in [0.29, 0.717) is 43.9 Å².